The normalized spacial score (nSPS) is 21.7. The summed E-state index contributed by atoms with van der Waals surface area (Å²) in [6, 6.07) is -0.214. The van der Waals surface area contributed by atoms with Gasteiger partial charge in [-0.3, -0.25) is 0 Å². The fourth-order valence-corrected chi connectivity index (χ4v) is 2.77. The highest BCUT2D eigenvalue weighted by Gasteiger charge is 2.23. The second-order valence-corrected chi connectivity index (χ2v) is 5.77. The van der Waals surface area contributed by atoms with Crippen LogP contribution >= 0.6 is 11.3 Å². The van der Waals surface area contributed by atoms with E-state index in [0.717, 1.165) is 23.5 Å². The number of likely N-dealkylation sites (tertiary alicyclic amines) is 1. The highest BCUT2D eigenvalue weighted by Crippen LogP contribution is 2.17. The SMILES string of the molecule is Cc1nc([C@H](C)NC(=O)N2CCC[C@@H](O)C2)cs1. The molecule has 1 aliphatic heterocycles. The van der Waals surface area contributed by atoms with Crippen molar-refractivity contribution >= 4 is 17.4 Å². The Labute approximate surface area is 111 Å². The minimum atomic E-state index is -0.388. The summed E-state index contributed by atoms with van der Waals surface area (Å²) in [6.07, 6.45) is 1.25. The summed E-state index contributed by atoms with van der Waals surface area (Å²) >= 11 is 1.58. The predicted octanol–water partition coefficient (Wildman–Crippen LogP) is 1.68. The molecule has 5 nitrogen and oxygen atoms in total. The third kappa shape index (κ3) is 3.20. The second kappa shape index (κ2) is 5.67. The molecule has 1 aromatic rings. The number of β-amino-alcohol motifs (C(OH)–C–C–N with tert-alkyl or cyclic N) is 1. The lowest BCUT2D eigenvalue weighted by Gasteiger charge is -2.31. The molecule has 2 N–H and O–H groups in total. The third-order valence-corrected chi connectivity index (χ3v) is 3.90. The summed E-state index contributed by atoms with van der Waals surface area (Å²) in [4.78, 5) is 18.0. The fourth-order valence-electron chi connectivity index (χ4n) is 2.07. The average Bonchev–Trinajstić information content (AvgIpc) is 2.76. The Morgan fingerprint density at radius 3 is 3.11 bits per heavy atom. The summed E-state index contributed by atoms with van der Waals surface area (Å²) in [7, 11) is 0. The average molecular weight is 269 g/mol. The Morgan fingerprint density at radius 1 is 1.72 bits per heavy atom. The number of piperidine rings is 1. The number of nitrogens with zero attached hydrogens (tertiary/aromatic N) is 2. The number of carbonyl (C=O) groups excluding carboxylic acids is 1. The first kappa shape index (κ1) is 13.3. The molecule has 0 aromatic carbocycles. The molecular formula is C12H19N3O2S. The number of aliphatic hydroxyl groups is 1. The maximum absolute atomic E-state index is 12.0. The van der Waals surface area contributed by atoms with Crippen molar-refractivity contribution in [3.05, 3.63) is 16.1 Å². The first-order valence-electron chi connectivity index (χ1n) is 6.22. The Bertz CT molecular complexity index is 421. The molecule has 18 heavy (non-hydrogen) atoms. The minimum Gasteiger partial charge on any atom is -0.391 e. The predicted molar refractivity (Wildman–Crippen MR) is 70.6 cm³/mol. The highest BCUT2D eigenvalue weighted by atomic mass is 32.1. The zero-order valence-corrected chi connectivity index (χ0v) is 11.5. The molecule has 1 aromatic heterocycles. The third-order valence-electron chi connectivity index (χ3n) is 3.10. The molecule has 2 rings (SSSR count). The minimum absolute atomic E-state index is 0.0958. The number of carbonyl (C=O) groups is 1. The molecule has 1 fully saturated rings. The van der Waals surface area contributed by atoms with Gasteiger partial charge in [-0.15, -0.1) is 11.3 Å². The van der Waals surface area contributed by atoms with Gasteiger partial charge in [0.05, 0.1) is 22.8 Å². The Morgan fingerprint density at radius 2 is 2.50 bits per heavy atom. The number of hydrogen-bond acceptors (Lipinski definition) is 4. The highest BCUT2D eigenvalue weighted by molar-refractivity contribution is 7.09. The van der Waals surface area contributed by atoms with Gasteiger partial charge in [-0.25, -0.2) is 9.78 Å². The Balaban J connectivity index is 1.90. The molecule has 1 aliphatic rings. The van der Waals surface area contributed by atoms with E-state index in [1.54, 1.807) is 16.2 Å². The van der Waals surface area contributed by atoms with Gasteiger partial charge in [-0.2, -0.15) is 0 Å². The summed E-state index contributed by atoms with van der Waals surface area (Å²) in [5, 5.41) is 15.4. The molecule has 0 bridgehead atoms. The van der Waals surface area contributed by atoms with E-state index in [1.165, 1.54) is 0 Å². The van der Waals surface area contributed by atoms with E-state index in [9.17, 15) is 9.90 Å². The van der Waals surface area contributed by atoms with Crippen LogP contribution in [0.2, 0.25) is 0 Å². The van der Waals surface area contributed by atoms with E-state index >= 15 is 0 Å². The van der Waals surface area contributed by atoms with Gasteiger partial charge in [0.2, 0.25) is 0 Å². The monoisotopic (exact) mass is 269 g/mol. The van der Waals surface area contributed by atoms with Crippen LogP contribution in [0, 0.1) is 6.92 Å². The molecule has 0 saturated carbocycles. The van der Waals surface area contributed by atoms with Crippen LogP contribution < -0.4 is 5.32 Å². The van der Waals surface area contributed by atoms with Gasteiger partial charge >= 0.3 is 6.03 Å². The van der Waals surface area contributed by atoms with E-state index in [0.29, 0.717) is 13.1 Å². The molecular weight excluding hydrogens is 250 g/mol. The van der Waals surface area contributed by atoms with Crippen molar-refractivity contribution in [2.75, 3.05) is 13.1 Å². The van der Waals surface area contributed by atoms with Crippen LogP contribution in [-0.4, -0.2) is 40.2 Å². The van der Waals surface area contributed by atoms with Gasteiger partial charge in [-0.1, -0.05) is 0 Å². The van der Waals surface area contributed by atoms with Gasteiger partial charge in [-0.05, 0) is 26.7 Å². The molecule has 2 heterocycles. The zero-order valence-electron chi connectivity index (χ0n) is 10.7. The van der Waals surface area contributed by atoms with Crippen molar-refractivity contribution in [2.24, 2.45) is 0 Å². The van der Waals surface area contributed by atoms with Crippen molar-refractivity contribution in [3.8, 4) is 0 Å². The lowest BCUT2D eigenvalue weighted by Crippen LogP contribution is -2.47. The molecule has 2 atom stereocenters. The molecule has 100 valence electrons. The number of amides is 2. The van der Waals surface area contributed by atoms with E-state index < -0.39 is 0 Å². The number of thiazole rings is 1. The molecule has 0 unspecified atom stereocenters. The standard InChI is InChI=1S/C12H19N3O2S/c1-8(11-7-18-9(2)14-11)13-12(17)15-5-3-4-10(16)6-15/h7-8,10,16H,3-6H2,1-2H3,(H,13,17)/t8-,10+/m0/s1. The van der Waals surface area contributed by atoms with Crippen LogP contribution in [0.4, 0.5) is 4.79 Å². The van der Waals surface area contributed by atoms with Crippen molar-refractivity contribution in [2.45, 2.75) is 38.8 Å². The molecule has 0 aliphatic carbocycles. The molecule has 2 amide bonds. The number of nitrogens with one attached hydrogen (secondary N) is 1. The summed E-state index contributed by atoms with van der Waals surface area (Å²) in [5.41, 5.74) is 0.892. The number of hydrogen-bond donors (Lipinski definition) is 2. The Kier molecular flexibility index (Phi) is 4.19. The number of rotatable bonds is 2. The lowest BCUT2D eigenvalue weighted by molar-refractivity contribution is 0.0834. The molecule has 6 heteroatoms. The number of aromatic nitrogens is 1. The van der Waals surface area contributed by atoms with Gasteiger partial charge in [0.15, 0.2) is 0 Å². The summed E-state index contributed by atoms with van der Waals surface area (Å²) in [6.45, 7) is 5.01. The molecule has 1 saturated heterocycles. The van der Waals surface area contributed by atoms with Crippen LogP contribution in [-0.2, 0) is 0 Å². The van der Waals surface area contributed by atoms with E-state index in [-0.39, 0.29) is 18.2 Å². The molecule has 0 radical (unpaired) electrons. The van der Waals surface area contributed by atoms with Crippen LogP contribution in [0.1, 0.15) is 36.5 Å². The van der Waals surface area contributed by atoms with Crippen molar-refractivity contribution < 1.29 is 9.90 Å². The smallest absolute Gasteiger partial charge is 0.318 e. The zero-order chi connectivity index (χ0) is 13.1. The van der Waals surface area contributed by atoms with E-state index in [2.05, 4.69) is 10.3 Å². The van der Waals surface area contributed by atoms with Crippen LogP contribution in [0.5, 0.6) is 0 Å². The number of aliphatic hydroxyl groups excluding tert-OH is 1. The molecule has 0 spiro atoms. The van der Waals surface area contributed by atoms with Crippen LogP contribution in [0.15, 0.2) is 5.38 Å². The van der Waals surface area contributed by atoms with Crippen LogP contribution in [0.25, 0.3) is 0 Å². The van der Waals surface area contributed by atoms with Crippen molar-refractivity contribution in [1.29, 1.82) is 0 Å². The maximum atomic E-state index is 12.0. The van der Waals surface area contributed by atoms with Crippen LogP contribution in [0.3, 0.4) is 0 Å². The van der Waals surface area contributed by atoms with Gasteiger partial charge in [0, 0.05) is 18.5 Å². The first-order chi connectivity index (χ1) is 8.56. The van der Waals surface area contributed by atoms with Gasteiger partial charge in [0.25, 0.3) is 0 Å². The largest absolute Gasteiger partial charge is 0.391 e. The second-order valence-electron chi connectivity index (χ2n) is 4.70. The number of aryl methyl sites for hydroxylation is 1. The Hall–Kier alpha value is -1.14. The topological polar surface area (TPSA) is 65.5 Å². The van der Waals surface area contributed by atoms with Crippen molar-refractivity contribution in [1.82, 2.24) is 15.2 Å². The summed E-state index contributed by atoms with van der Waals surface area (Å²) in [5.74, 6) is 0. The first-order valence-corrected chi connectivity index (χ1v) is 7.09. The van der Waals surface area contributed by atoms with E-state index in [1.807, 2.05) is 19.2 Å². The quantitative estimate of drug-likeness (QED) is 0.858. The summed E-state index contributed by atoms with van der Waals surface area (Å²) < 4.78 is 0. The van der Waals surface area contributed by atoms with Gasteiger partial charge in [0.1, 0.15) is 0 Å². The van der Waals surface area contributed by atoms with E-state index in [4.69, 9.17) is 0 Å². The van der Waals surface area contributed by atoms with Crippen molar-refractivity contribution in [3.63, 3.8) is 0 Å². The lowest BCUT2D eigenvalue weighted by atomic mass is 10.1. The fraction of sp³-hybridized carbons (Fsp3) is 0.667. The maximum Gasteiger partial charge on any atom is 0.318 e. The van der Waals surface area contributed by atoms with Gasteiger partial charge < -0.3 is 15.3 Å². The number of urea groups is 1.